The van der Waals surface area contributed by atoms with Gasteiger partial charge in [-0.2, -0.15) is 0 Å². The highest BCUT2D eigenvalue weighted by molar-refractivity contribution is 5.95. The first-order valence-corrected chi connectivity index (χ1v) is 8.39. The largest absolute Gasteiger partial charge is 0.465 e. The van der Waals surface area contributed by atoms with E-state index in [1.807, 2.05) is 36.4 Å². The first-order chi connectivity index (χ1) is 12.2. The fourth-order valence-electron chi connectivity index (χ4n) is 2.87. The van der Waals surface area contributed by atoms with Crippen molar-refractivity contribution in [2.75, 3.05) is 26.2 Å². The lowest BCUT2D eigenvalue weighted by Crippen LogP contribution is -2.56. The molecule has 0 saturated carbocycles. The maximum Gasteiger partial charge on any atom is 0.324 e. The molecule has 2 aromatic rings. The molecule has 1 aromatic carbocycles. The third-order valence-electron chi connectivity index (χ3n) is 4.18. The molecule has 0 aliphatic carbocycles. The molecule has 1 aliphatic rings. The van der Waals surface area contributed by atoms with Gasteiger partial charge in [-0.05, 0) is 42.3 Å². The number of amides is 1. The zero-order valence-corrected chi connectivity index (χ0v) is 14.1. The Morgan fingerprint density at radius 1 is 1.16 bits per heavy atom. The van der Waals surface area contributed by atoms with Crippen LogP contribution in [0.1, 0.15) is 17.3 Å². The summed E-state index contributed by atoms with van der Waals surface area (Å²) in [6, 6.07) is 10.9. The second-order valence-electron chi connectivity index (χ2n) is 5.82. The van der Waals surface area contributed by atoms with E-state index >= 15 is 0 Å². The van der Waals surface area contributed by atoms with Gasteiger partial charge in [-0.1, -0.05) is 12.1 Å². The fraction of sp³-hybridized carbons (Fsp3) is 0.316. The first kappa shape index (κ1) is 17.1. The fourth-order valence-corrected chi connectivity index (χ4v) is 2.87. The van der Waals surface area contributed by atoms with Crippen molar-refractivity contribution >= 4 is 11.9 Å². The second-order valence-corrected chi connectivity index (χ2v) is 5.82. The Labute approximate surface area is 146 Å². The molecule has 0 bridgehead atoms. The molecular formula is C19H21N3O3. The number of hydrogen-bond donors (Lipinski definition) is 1. The van der Waals surface area contributed by atoms with Crippen molar-refractivity contribution in [1.82, 2.24) is 15.2 Å². The van der Waals surface area contributed by atoms with Crippen molar-refractivity contribution in [2.24, 2.45) is 0 Å². The van der Waals surface area contributed by atoms with Gasteiger partial charge in [0.2, 0.25) is 0 Å². The van der Waals surface area contributed by atoms with Gasteiger partial charge in [0.25, 0.3) is 5.91 Å². The van der Waals surface area contributed by atoms with Crippen LogP contribution >= 0.6 is 0 Å². The maximum absolute atomic E-state index is 12.7. The van der Waals surface area contributed by atoms with Gasteiger partial charge in [0.15, 0.2) is 0 Å². The van der Waals surface area contributed by atoms with Gasteiger partial charge in [0.1, 0.15) is 6.04 Å². The topological polar surface area (TPSA) is 71.5 Å². The molecule has 0 spiro atoms. The molecule has 0 radical (unpaired) electrons. The summed E-state index contributed by atoms with van der Waals surface area (Å²) in [4.78, 5) is 30.3. The molecule has 2 heterocycles. The van der Waals surface area contributed by atoms with Gasteiger partial charge < -0.3 is 15.0 Å². The van der Waals surface area contributed by atoms with Crippen LogP contribution in [0.25, 0.3) is 11.1 Å². The lowest BCUT2D eigenvalue weighted by Gasteiger charge is -2.32. The summed E-state index contributed by atoms with van der Waals surface area (Å²) in [5.41, 5.74) is 2.70. The lowest BCUT2D eigenvalue weighted by atomic mass is 10.0. The molecular weight excluding hydrogens is 318 g/mol. The second kappa shape index (κ2) is 7.90. The number of nitrogens with zero attached hydrogens (tertiary/aromatic N) is 2. The number of piperazine rings is 1. The summed E-state index contributed by atoms with van der Waals surface area (Å²) in [6.45, 7) is 3.57. The molecule has 1 saturated heterocycles. The van der Waals surface area contributed by atoms with Gasteiger partial charge in [0.05, 0.1) is 6.61 Å². The molecule has 1 atom stereocenters. The van der Waals surface area contributed by atoms with Gasteiger partial charge >= 0.3 is 5.97 Å². The number of hydrogen-bond acceptors (Lipinski definition) is 5. The molecule has 6 nitrogen and oxygen atoms in total. The Kier molecular flexibility index (Phi) is 5.40. The summed E-state index contributed by atoms with van der Waals surface area (Å²) >= 11 is 0. The molecule has 3 rings (SSSR count). The molecule has 1 N–H and O–H groups in total. The molecule has 6 heteroatoms. The highest BCUT2D eigenvalue weighted by atomic mass is 16.5. The predicted molar refractivity (Wildman–Crippen MR) is 94.0 cm³/mol. The molecule has 130 valence electrons. The van der Waals surface area contributed by atoms with Crippen LogP contribution in [0, 0.1) is 0 Å². The lowest BCUT2D eigenvalue weighted by molar-refractivity contribution is -0.146. The minimum absolute atomic E-state index is 0.0722. The summed E-state index contributed by atoms with van der Waals surface area (Å²) in [5.74, 6) is -0.384. The van der Waals surface area contributed by atoms with E-state index < -0.39 is 6.04 Å². The molecule has 25 heavy (non-hydrogen) atoms. The molecule has 1 unspecified atom stereocenters. The van der Waals surface area contributed by atoms with E-state index in [0.717, 1.165) is 11.1 Å². The number of carbonyl (C=O) groups is 2. The molecule has 1 aliphatic heterocycles. The van der Waals surface area contributed by atoms with Crippen LogP contribution in [0.4, 0.5) is 0 Å². The number of rotatable bonds is 4. The highest BCUT2D eigenvalue weighted by Gasteiger charge is 2.29. The van der Waals surface area contributed by atoms with Crippen LogP contribution in [0.3, 0.4) is 0 Å². The number of benzene rings is 1. The zero-order valence-electron chi connectivity index (χ0n) is 14.1. The first-order valence-electron chi connectivity index (χ1n) is 8.39. The number of carbonyl (C=O) groups excluding carboxylic acids is 2. The van der Waals surface area contributed by atoms with Gasteiger partial charge in [-0.25, -0.2) is 0 Å². The minimum atomic E-state index is -0.464. The summed E-state index contributed by atoms with van der Waals surface area (Å²) in [7, 11) is 0. The Bertz CT molecular complexity index is 731. The number of nitrogens with one attached hydrogen (secondary N) is 1. The van der Waals surface area contributed by atoms with E-state index in [1.54, 1.807) is 24.2 Å². The summed E-state index contributed by atoms with van der Waals surface area (Å²) in [6.07, 6.45) is 3.48. The third kappa shape index (κ3) is 4.03. The van der Waals surface area contributed by atoms with Crippen LogP contribution in [0.2, 0.25) is 0 Å². The summed E-state index contributed by atoms with van der Waals surface area (Å²) in [5, 5.41) is 3.10. The normalized spacial score (nSPS) is 17.2. The van der Waals surface area contributed by atoms with E-state index in [1.165, 1.54) is 0 Å². The average molecular weight is 339 g/mol. The van der Waals surface area contributed by atoms with Crippen LogP contribution < -0.4 is 5.32 Å². The SMILES string of the molecule is CCOC(=O)C1CN(C(=O)c2ccc(-c3ccncc3)cc2)CCN1. The Morgan fingerprint density at radius 2 is 1.84 bits per heavy atom. The van der Waals surface area contributed by atoms with Crippen molar-refractivity contribution in [3.05, 3.63) is 54.4 Å². The number of aromatic nitrogens is 1. The smallest absolute Gasteiger partial charge is 0.324 e. The van der Waals surface area contributed by atoms with Crippen LogP contribution in [-0.2, 0) is 9.53 Å². The van der Waals surface area contributed by atoms with Crippen molar-refractivity contribution in [2.45, 2.75) is 13.0 Å². The number of ether oxygens (including phenoxy) is 1. The quantitative estimate of drug-likeness (QED) is 0.859. The molecule has 1 aromatic heterocycles. The van der Waals surface area contributed by atoms with E-state index in [0.29, 0.717) is 31.8 Å². The van der Waals surface area contributed by atoms with Crippen molar-refractivity contribution in [1.29, 1.82) is 0 Å². The number of pyridine rings is 1. The molecule has 1 amide bonds. The maximum atomic E-state index is 12.7. The van der Waals surface area contributed by atoms with Crippen LogP contribution in [0.15, 0.2) is 48.8 Å². The zero-order chi connectivity index (χ0) is 17.6. The Morgan fingerprint density at radius 3 is 2.52 bits per heavy atom. The standard InChI is InChI=1S/C19H21N3O3/c1-2-25-19(24)17-13-22(12-11-21-17)18(23)16-5-3-14(4-6-16)15-7-9-20-10-8-15/h3-10,17,21H,2,11-13H2,1H3. The van der Waals surface area contributed by atoms with Gasteiger partial charge in [-0.3, -0.25) is 14.6 Å². The third-order valence-corrected chi connectivity index (χ3v) is 4.18. The van der Waals surface area contributed by atoms with E-state index in [9.17, 15) is 9.59 Å². The summed E-state index contributed by atoms with van der Waals surface area (Å²) < 4.78 is 5.04. The monoisotopic (exact) mass is 339 g/mol. The van der Waals surface area contributed by atoms with E-state index in [4.69, 9.17) is 4.74 Å². The molecule has 1 fully saturated rings. The van der Waals surface area contributed by atoms with Gasteiger partial charge in [-0.15, -0.1) is 0 Å². The predicted octanol–water partition coefficient (Wildman–Crippen LogP) is 1.73. The Balaban J connectivity index is 1.69. The van der Waals surface area contributed by atoms with Crippen LogP contribution in [0.5, 0.6) is 0 Å². The van der Waals surface area contributed by atoms with E-state index in [-0.39, 0.29) is 11.9 Å². The van der Waals surface area contributed by atoms with Gasteiger partial charge in [0, 0.05) is 37.6 Å². The average Bonchev–Trinajstić information content (AvgIpc) is 2.68. The van der Waals surface area contributed by atoms with Crippen molar-refractivity contribution in [3.63, 3.8) is 0 Å². The highest BCUT2D eigenvalue weighted by Crippen LogP contribution is 2.19. The minimum Gasteiger partial charge on any atom is -0.465 e. The number of esters is 1. The van der Waals surface area contributed by atoms with Crippen LogP contribution in [-0.4, -0.2) is 54.0 Å². The Hall–Kier alpha value is -2.73. The van der Waals surface area contributed by atoms with E-state index in [2.05, 4.69) is 10.3 Å². The van der Waals surface area contributed by atoms with Crippen molar-refractivity contribution in [3.8, 4) is 11.1 Å². The van der Waals surface area contributed by atoms with Crippen molar-refractivity contribution < 1.29 is 14.3 Å².